The fourth-order valence-electron chi connectivity index (χ4n) is 3.02. The number of fused-ring (bicyclic) bond motifs is 1. The van der Waals surface area contributed by atoms with E-state index in [1.807, 2.05) is 24.3 Å². The second-order valence-electron chi connectivity index (χ2n) is 7.20. The van der Waals surface area contributed by atoms with E-state index in [2.05, 4.69) is 21.2 Å². The van der Waals surface area contributed by atoms with Crippen LogP contribution in [0.5, 0.6) is 5.75 Å². The van der Waals surface area contributed by atoms with Gasteiger partial charge in [0.15, 0.2) is 11.2 Å². The van der Waals surface area contributed by atoms with Crippen molar-refractivity contribution < 1.29 is 23.5 Å². The van der Waals surface area contributed by atoms with Crippen LogP contribution in [0.4, 0.5) is 0 Å². The molecule has 1 heterocycles. The molecule has 162 valence electrons. The molecule has 8 heteroatoms. The van der Waals surface area contributed by atoms with Crippen LogP contribution in [0.3, 0.4) is 0 Å². The van der Waals surface area contributed by atoms with E-state index < -0.39 is 23.3 Å². The molecular formula is C23H22BrNO6. The van der Waals surface area contributed by atoms with Gasteiger partial charge in [-0.05, 0) is 24.1 Å². The third-order valence-electron chi connectivity index (χ3n) is 4.69. The van der Waals surface area contributed by atoms with E-state index in [1.54, 1.807) is 32.0 Å². The van der Waals surface area contributed by atoms with Crippen molar-refractivity contribution in [3.63, 3.8) is 0 Å². The number of amides is 1. The minimum atomic E-state index is -0.863. The van der Waals surface area contributed by atoms with Crippen LogP contribution >= 0.6 is 15.9 Å². The number of carbonyl (C=O) groups is 2. The number of benzene rings is 2. The molecule has 0 unspecified atom stereocenters. The summed E-state index contributed by atoms with van der Waals surface area (Å²) in [6.45, 7) is 3.79. The summed E-state index contributed by atoms with van der Waals surface area (Å²) in [6, 6.07) is 12.8. The lowest BCUT2D eigenvalue weighted by molar-refractivity contribution is -0.144. The SMILES string of the molecule is COC(=O)[C@@H](NC(=O)c1cc(=O)c2c(OCc3ccccc3Br)cccc2o1)C(C)C. The van der Waals surface area contributed by atoms with Gasteiger partial charge < -0.3 is 19.2 Å². The van der Waals surface area contributed by atoms with Gasteiger partial charge in [-0.3, -0.25) is 9.59 Å². The summed E-state index contributed by atoms with van der Waals surface area (Å²) in [5, 5.41) is 2.80. The number of halogens is 1. The molecule has 3 rings (SSSR count). The Kier molecular flexibility index (Phi) is 7.12. The normalized spacial score (nSPS) is 11.9. The van der Waals surface area contributed by atoms with Gasteiger partial charge in [0.2, 0.25) is 0 Å². The molecule has 0 spiro atoms. The number of hydrogen-bond acceptors (Lipinski definition) is 6. The quantitative estimate of drug-likeness (QED) is 0.504. The third-order valence-corrected chi connectivity index (χ3v) is 5.46. The molecule has 0 saturated heterocycles. The summed E-state index contributed by atoms with van der Waals surface area (Å²) in [5.74, 6) is -1.31. The Hall–Kier alpha value is -3.13. The van der Waals surface area contributed by atoms with Crippen LogP contribution < -0.4 is 15.5 Å². The second-order valence-corrected chi connectivity index (χ2v) is 8.06. The highest BCUT2D eigenvalue weighted by atomic mass is 79.9. The van der Waals surface area contributed by atoms with Gasteiger partial charge in [0.1, 0.15) is 29.4 Å². The molecule has 0 aliphatic rings. The first-order valence-corrected chi connectivity index (χ1v) is 10.4. The maximum atomic E-state index is 12.8. The lowest BCUT2D eigenvalue weighted by Gasteiger charge is -2.19. The fourth-order valence-corrected chi connectivity index (χ4v) is 3.42. The lowest BCUT2D eigenvalue weighted by atomic mass is 10.0. The summed E-state index contributed by atoms with van der Waals surface area (Å²) < 4.78 is 17.1. The van der Waals surface area contributed by atoms with Gasteiger partial charge >= 0.3 is 5.97 Å². The number of methoxy groups -OCH3 is 1. The maximum absolute atomic E-state index is 12.8. The topological polar surface area (TPSA) is 94.8 Å². The average Bonchev–Trinajstić information content (AvgIpc) is 2.75. The van der Waals surface area contributed by atoms with E-state index >= 15 is 0 Å². The zero-order valence-electron chi connectivity index (χ0n) is 17.3. The van der Waals surface area contributed by atoms with Crippen LogP contribution in [0.25, 0.3) is 11.0 Å². The van der Waals surface area contributed by atoms with Crippen LogP contribution in [0, 0.1) is 5.92 Å². The second kappa shape index (κ2) is 9.78. The monoisotopic (exact) mass is 487 g/mol. The van der Waals surface area contributed by atoms with E-state index in [-0.39, 0.29) is 29.3 Å². The van der Waals surface area contributed by atoms with Crippen molar-refractivity contribution in [1.29, 1.82) is 0 Å². The van der Waals surface area contributed by atoms with Crippen LogP contribution in [-0.2, 0) is 16.1 Å². The average molecular weight is 488 g/mol. The molecule has 2 aromatic carbocycles. The van der Waals surface area contributed by atoms with Crippen LogP contribution in [0.2, 0.25) is 0 Å². The number of hydrogen-bond donors (Lipinski definition) is 1. The molecule has 0 saturated carbocycles. The Labute approximate surface area is 187 Å². The Morgan fingerprint density at radius 3 is 2.55 bits per heavy atom. The van der Waals surface area contributed by atoms with Crippen molar-refractivity contribution in [2.45, 2.75) is 26.5 Å². The molecule has 1 aromatic heterocycles. The van der Waals surface area contributed by atoms with E-state index in [0.29, 0.717) is 5.75 Å². The van der Waals surface area contributed by atoms with E-state index in [4.69, 9.17) is 13.9 Å². The zero-order chi connectivity index (χ0) is 22.5. The highest BCUT2D eigenvalue weighted by Crippen LogP contribution is 2.25. The van der Waals surface area contributed by atoms with Crippen molar-refractivity contribution in [3.8, 4) is 5.75 Å². The number of carbonyl (C=O) groups excluding carboxylic acids is 2. The first-order valence-electron chi connectivity index (χ1n) is 9.63. The first kappa shape index (κ1) is 22.6. The molecule has 0 aliphatic carbocycles. The van der Waals surface area contributed by atoms with Gasteiger partial charge in [0, 0.05) is 16.1 Å². The van der Waals surface area contributed by atoms with Gasteiger partial charge in [-0.15, -0.1) is 0 Å². The van der Waals surface area contributed by atoms with Crippen LogP contribution in [-0.4, -0.2) is 25.0 Å². The van der Waals surface area contributed by atoms with E-state index in [9.17, 15) is 14.4 Å². The number of rotatable bonds is 7. The summed E-state index contributed by atoms with van der Waals surface area (Å²) in [4.78, 5) is 37.3. The summed E-state index contributed by atoms with van der Waals surface area (Å²) in [6.07, 6.45) is 0. The van der Waals surface area contributed by atoms with Gasteiger partial charge in [-0.25, -0.2) is 4.79 Å². The zero-order valence-corrected chi connectivity index (χ0v) is 18.9. The standard InChI is InChI=1S/C23H22BrNO6/c1-13(2)21(23(28)29-3)25-22(27)19-11-16(26)20-17(9-6-10-18(20)31-19)30-12-14-7-4-5-8-15(14)24/h4-11,13,21H,12H2,1-3H3,(H,25,27)/t21-/m0/s1. The highest BCUT2D eigenvalue weighted by Gasteiger charge is 2.26. The minimum Gasteiger partial charge on any atom is -0.488 e. The maximum Gasteiger partial charge on any atom is 0.328 e. The number of esters is 1. The lowest BCUT2D eigenvalue weighted by Crippen LogP contribution is -2.45. The molecule has 1 N–H and O–H groups in total. The molecule has 0 bridgehead atoms. The minimum absolute atomic E-state index is 0.199. The van der Waals surface area contributed by atoms with Crippen molar-refractivity contribution in [2.24, 2.45) is 5.92 Å². The predicted octanol–water partition coefficient (Wildman–Crippen LogP) is 4.06. The van der Waals surface area contributed by atoms with Crippen LogP contribution in [0.15, 0.2) is 62.2 Å². The molecule has 0 radical (unpaired) electrons. The number of ether oxygens (including phenoxy) is 2. The Morgan fingerprint density at radius 2 is 1.87 bits per heavy atom. The Bertz CT molecular complexity index is 1170. The third kappa shape index (κ3) is 5.14. The molecule has 1 atom stereocenters. The highest BCUT2D eigenvalue weighted by molar-refractivity contribution is 9.10. The Balaban J connectivity index is 1.89. The van der Waals surface area contributed by atoms with Crippen molar-refractivity contribution in [3.05, 3.63) is 74.6 Å². The molecule has 1 amide bonds. The largest absolute Gasteiger partial charge is 0.488 e. The van der Waals surface area contributed by atoms with Gasteiger partial charge in [-0.1, -0.05) is 54.0 Å². The van der Waals surface area contributed by atoms with Gasteiger partial charge in [0.05, 0.1) is 7.11 Å². The predicted molar refractivity (Wildman–Crippen MR) is 119 cm³/mol. The van der Waals surface area contributed by atoms with Crippen LogP contribution in [0.1, 0.15) is 30.0 Å². The summed E-state index contributed by atoms with van der Waals surface area (Å²) in [7, 11) is 1.25. The molecule has 31 heavy (non-hydrogen) atoms. The van der Waals surface area contributed by atoms with Crippen molar-refractivity contribution in [2.75, 3.05) is 7.11 Å². The molecular weight excluding hydrogens is 466 g/mol. The molecule has 0 aliphatic heterocycles. The van der Waals surface area contributed by atoms with Crippen molar-refractivity contribution >= 4 is 38.8 Å². The number of nitrogens with one attached hydrogen (secondary N) is 1. The first-order chi connectivity index (χ1) is 14.8. The van der Waals surface area contributed by atoms with Gasteiger partial charge in [-0.2, -0.15) is 0 Å². The molecule has 0 fully saturated rings. The molecule has 7 nitrogen and oxygen atoms in total. The summed E-state index contributed by atoms with van der Waals surface area (Å²) >= 11 is 3.47. The van der Waals surface area contributed by atoms with E-state index in [1.165, 1.54) is 7.11 Å². The van der Waals surface area contributed by atoms with Gasteiger partial charge in [0.25, 0.3) is 5.91 Å². The Morgan fingerprint density at radius 1 is 1.13 bits per heavy atom. The smallest absolute Gasteiger partial charge is 0.328 e. The summed E-state index contributed by atoms with van der Waals surface area (Å²) in [5.41, 5.74) is 0.706. The van der Waals surface area contributed by atoms with E-state index in [0.717, 1.165) is 16.1 Å². The fraction of sp³-hybridized carbons (Fsp3) is 0.261. The van der Waals surface area contributed by atoms with Crippen molar-refractivity contribution in [1.82, 2.24) is 5.32 Å². The molecule has 3 aromatic rings.